The number of nitrogens with one attached hydrogen (secondary N) is 1. The standard InChI is InChI=1S/C17H23NS/c1-11-6-7-17(13(3)8-11)14(4)18-10-16-9-12(2)15(5)19-16/h6-9,14,18H,10H2,1-5H3. The number of aryl methyl sites for hydroxylation is 4. The van der Waals surface area contributed by atoms with E-state index in [1.54, 1.807) is 0 Å². The molecule has 102 valence electrons. The third kappa shape index (κ3) is 3.46. The van der Waals surface area contributed by atoms with Crippen molar-refractivity contribution in [1.29, 1.82) is 0 Å². The fourth-order valence-corrected chi connectivity index (χ4v) is 3.42. The second kappa shape index (κ2) is 5.89. The van der Waals surface area contributed by atoms with Crippen LogP contribution in [0.4, 0.5) is 0 Å². The highest BCUT2D eigenvalue weighted by molar-refractivity contribution is 7.12. The first-order valence-corrected chi connectivity index (χ1v) is 7.65. The smallest absolute Gasteiger partial charge is 0.0305 e. The zero-order valence-electron chi connectivity index (χ0n) is 12.5. The van der Waals surface area contributed by atoms with Gasteiger partial charge in [-0.3, -0.25) is 0 Å². The second-order valence-electron chi connectivity index (χ2n) is 5.41. The summed E-state index contributed by atoms with van der Waals surface area (Å²) < 4.78 is 0. The quantitative estimate of drug-likeness (QED) is 0.841. The van der Waals surface area contributed by atoms with Crippen molar-refractivity contribution < 1.29 is 0 Å². The van der Waals surface area contributed by atoms with Gasteiger partial charge >= 0.3 is 0 Å². The van der Waals surface area contributed by atoms with Gasteiger partial charge in [0.15, 0.2) is 0 Å². The van der Waals surface area contributed by atoms with Crippen LogP contribution < -0.4 is 5.32 Å². The summed E-state index contributed by atoms with van der Waals surface area (Å²) in [6.07, 6.45) is 0. The Balaban J connectivity index is 2.03. The fraction of sp³-hybridized carbons (Fsp3) is 0.412. The topological polar surface area (TPSA) is 12.0 Å². The molecular formula is C17H23NS. The lowest BCUT2D eigenvalue weighted by atomic mass is 10.0. The molecule has 0 aliphatic rings. The predicted molar refractivity (Wildman–Crippen MR) is 85.0 cm³/mol. The number of thiophene rings is 1. The van der Waals surface area contributed by atoms with E-state index >= 15 is 0 Å². The molecule has 1 aromatic heterocycles. The van der Waals surface area contributed by atoms with Crippen LogP contribution in [0.3, 0.4) is 0 Å². The lowest BCUT2D eigenvalue weighted by molar-refractivity contribution is 0.576. The van der Waals surface area contributed by atoms with Crippen molar-refractivity contribution in [2.45, 2.75) is 47.2 Å². The molecule has 1 N–H and O–H groups in total. The Morgan fingerprint density at radius 2 is 1.79 bits per heavy atom. The van der Waals surface area contributed by atoms with E-state index in [0.29, 0.717) is 6.04 Å². The number of benzene rings is 1. The van der Waals surface area contributed by atoms with Crippen molar-refractivity contribution in [3.8, 4) is 0 Å². The van der Waals surface area contributed by atoms with Gasteiger partial charge in [0.05, 0.1) is 0 Å². The monoisotopic (exact) mass is 273 g/mol. The summed E-state index contributed by atoms with van der Waals surface area (Å²) in [5.74, 6) is 0. The van der Waals surface area contributed by atoms with Crippen LogP contribution >= 0.6 is 11.3 Å². The Kier molecular flexibility index (Phi) is 4.43. The maximum Gasteiger partial charge on any atom is 0.0305 e. The van der Waals surface area contributed by atoms with Crippen molar-refractivity contribution >= 4 is 11.3 Å². The van der Waals surface area contributed by atoms with E-state index in [9.17, 15) is 0 Å². The van der Waals surface area contributed by atoms with Gasteiger partial charge in [-0.25, -0.2) is 0 Å². The van der Waals surface area contributed by atoms with Gasteiger partial charge in [0.2, 0.25) is 0 Å². The van der Waals surface area contributed by atoms with E-state index in [2.05, 4.69) is 64.2 Å². The molecule has 0 radical (unpaired) electrons. The molecule has 1 atom stereocenters. The maximum absolute atomic E-state index is 3.63. The Morgan fingerprint density at radius 3 is 2.37 bits per heavy atom. The van der Waals surface area contributed by atoms with Gasteiger partial charge in [-0.15, -0.1) is 11.3 Å². The van der Waals surface area contributed by atoms with Gasteiger partial charge in [-0.1, -0.05) is 23.8 Å². The second-order valence-corrected chi connectivity index (χ2v) is 6.76. The van der Waals surface area contributed by atoms with Crippen LogP contribution in [0, 0.1) is 27.7 Å². The molecule has 0 saturated carbocycles. The molecule has 2 aromatic rings. The van der Waals surface area contributed by atoms with Gasteiger partial charge in [-0.2, -0.15) is 0 Å². The first kappa shape index (κ1) is 14.3. The van der Waals surface area contributed by atoms with Crippen molar-refractivity contribution in [2.24, 2.45) is 0 Å². The van der Waals surface area contributed by atoms with Crippen LogP contribution in [0.1, 0.15) is 45.0 Å². The molecule has 1 heterocycles. The largest absolute Gasteiger partial charge is 0.305 e. The minimum atomic E-state index is 0.392. The lowest BCUT2D eigenvalue weighted by Gasteiger charge is -2.16. The molecule has 19 heavy (non-hydrogen) atoms. The third-order valence-electron chi connectivity index (χ3n) is 3.69. The summed E-state index contributed by atoms with van der Waals surface area (Å²) in [5.41, 5.74) is 5.51. The maximum atomic E-state index is 3.63. The van der Waals surface area contributed by atoms with E-state index in [4.69, 9.17) is 0 Å². The van der Waals surface area contributed by atoms with Crippen LogP contribution in [-0.2, 0) is 6.54 Å². The van der Waals surface area contributed by atoms with E-state index < -0.39 is 0 Å². The Bertz CT molecular complexity index is 549. The highest BCUT2D eigenvalue weighted by Crippen LogP contribution is 2.23. The van der Waals surface area contributed by atoms with Gasteiger partial charge < -0.3 is 5.32 Å². The molecule has 0 aliphatic carbocycles. The van der Waals surface area contributed by atoms with Gasteiger partial charge in [-0.05, 0) is 57.4 Å². The minimum absolute atomic E-state index is 0.392. The average Bonchev–Trinajstić information content (AvgIpc) is 2.66. The fourth-order valence-electron chi connectivity index (χ4n) is 2.41. The SMILES string of the molecule is Cc1ccc(C(C)NCc2cc(C)c(C)s2)c(C)c1. The van der Waals surface area contributed by atoms with Crippen LogP contribution in [0.25, 0.3) is 0 Å². The third-order valence-corrected chi connectivity index (χ3v) is 4.84. The molecule has 0 bridgehead atoms. The summed E-state index contributed by atoms with van der Waals surface area (Å²) in [4.78, 5) is 2.85. The normalized spacial score (nSPS) is 12.7. The van der Waals surface area contributed by atoms with Crippen molar-refractivity contribution in [3.05, 3.63) is 56.3 Å². The first-order chi connectivity index (χ1) is 8.97. The van der Waals surface area contributed by atoms with Crippen molar-refractivity contribution in [1.82, 2.24) is 5.32 Å². The van der Waals surface area contributed by atoms with Gasteiger partial charge in [0, 0.05) is 22.3 Å². The highest BCUT2D eigenvalue weighted by Gasteiger charge is 2.09. The molecule has 0 saturated heterocycles. The lowest BCUT2D eigenvalue weighted by Crippen LogP contribution is -2.18. The molecular weight excluding hydrogens is 250 g/mol. The summed E-state index contributed by atoms with van der Waals surface area (Å²) >= 11 is 1.90. The first-order valence-electron chi connectivity index (χ1n) is 6.84. The number of hydrogen-bond donors (Lipinski definition) is 1. The zero-order chi connectivity index (χ0) is 14.0. The van der Waals surface area contributed by atoms with Crippen LogP contribution in [-0.4, -0.2) is 0 Å². The molecule has 1 unspecified atom stereocenters. The Labute approximate surface area is 120 Å². The van der Waals surface area contributed by atoms with Gasteiger partial charge in [0.25, 0.3) is 0 Å². The summed E-state index contributed by atoms with van der Waals surface area (Å²) in [6.45, 7) is 11.9. The number of rotatable bonds is 4. The summed E-state index contributed by atoms with van der Waals surface area (Å²) in [6, 6.07) is 9.38. The molecule has 0 fully saturated rings. The minimum Gasteiger partial charge on any atom is -0.305 e. The molecule has 0 spiro atoms. The summed E-state index contributed by atoms with van der Waals surface area (Å²) in [5, 5.41) is 3.63. The Hall–Kier alpha value is -1.12. The van der Waals surface area contributed by atoms with Crippen LogP contribution in [0.15, 0.2) is 24.3 Å². The van der Waals surface area contributed by atoms with E-state index in [1.807, 2.05) is 11.3 Å². The van der Waals surface area contributed by atoms with E-state index in [0.717, 1.165) is 6.54 Å². The molecule has 0 amide bonds. The molecule has 0 aliphatic heterocycles. The van der Waals surface area contributed by atoms with E-state index in [1.165, 1.54) is 32.0 Å². The van der Waals surface area contributed by atoms with E-state index in [-0.39, 0.29) is 0 Å². The molecule has 1 aromatic carbocycles. The molecule has 2 rings (SSSR count). The Morgan fingerprint density at radius 1 is 1.05 bits per heavy atom. The number of hydrogen-bond acceptors (Lipinski definition) is 2. The molecule has 1 nitrogen and oxygen atoms in total. The highest BCUT2D eigenvalue weighted by atomic mass is 32.1. The van der Waals surface area contributed by atoms with Crippen LogP contribution in [0.2, 0.25) is 0 Å². The summed E-state index contributed by atoms with van der Waals surface area (Å²) in [7, 11) is 0. The van der Waals surface area contributed by atoms with Gasteiger partial charge in [0.1, 0.15) is 0 Å². The predicted octanol–water partition coefficient (Wildman–Crippen LogP) is 4.83. The van der Waals surface area contributed by atoms with Crippen molar-refractivity contribution in [2.75, 3.05) is 0 Å². The zero-order valence-corrected chi connectivity index (χ0v) is 13.3. The average molecular weight is 273 g/mol. The van der Waals surface area contributed by atoms with Crippen LogP contribution in [0.5, 0.6) is 0 Å². The molecule has 2 heteroatoms. The van der Waals surface area contributed by atoms with Crippen molar-refractivity contribution in [3.63, 3.8) is 0 Å².